The molecule has 0 saturated heterocycles. The zero-order chi connectivity index (χ0) is 13.5. The highest BCUT2D eigenvalue weighted by atomic mass is 16.5. The van der Waals surface area contributed by atoms with Crippen molar-refractivity contribution in [3.63, 3.8) is 0 Å². The third-order valence-electron chi connectivity index (χ3n) is 2.27. The van der Waals surface area contributed by atoms with Crippen molar-refractivity contribution in [2.75, 3.05) is 13.2 Å². The highest BCUT2D eigenvalue weighted by Gasteiger charge is 2.11. The number of amides is 1. The minimum Gasteiger partial charge on any atom is -0.466 e. The lowest BCUT2D eigenvalue weighted by Crippen LogP contribution is -2.27. The predicted octanol–water partition coefficient (Wildman–Crippen LogP) is 0.776. The first kappa shape index (κ1) is 14.1. The van der Waals surface area contributed by atoms with Gasteiger partial charge in [0.1, 0.15) is 0 Å². The molecule has 6 heteroatoms. The summed E-state index contributed by atoms with van der Waals surface area (Å²) >= 11 is 0. The molecule has 1 amide bonds. The van der Waals surface area contributed by atoms with Gasteiger partial charge in [0.05, 0.1) is 30.0 Å². The largest absolute Gasteiger partial charge is 0.466 e. The van der Waals surface area contributed by atoms with Crippen LogP contribution in [-0.4, -0.2) is 35.2 Å². The Kier molecular flexibility index (Phi) is 5.23. The SMILES string of the molecule is CCOC(=O)CCNC(=O)c1cc(C)nnc1C. The van der Waals surface area contributed by atoms with Gasteiger partial charge in [-0.2, -0.15) is 10.2 Å². The molecule has 0 saturated carbocycles. The molecule has 1 aromatic rings. The van der Waals surface area contributed by atoms with Gasteiger partial charge in [-0.25, -0.2) is 0 Å². The average molecular weight is 251 g/mol. The van der Waals surface area contributed by atoms with Gasteiger partial charge in [-0.15, -0.1) is 0 Å². The Morgan fingerprint density at radius 3 is 2.72 bits per heavy atom. The first-order valence-corrected chi connectivity index (χ1v) is 5.79. The highest BCUT2D eigenvalue weighted by Crippen LogP contribution is 2.04. The normalized spacial score (nSPS) is 9.94. The molecule has 6 nitrogen and oxygen atoms in total. The van der Waals surface area contributed by atoms with E-state index < -0.39 is 0 Å². The van der Waals surface area contributed by atoms with Gasteiger partial charge >= 0.3 is 5.97 Å². The second kappa shape index (κ2) is 6.68. The van der Waals surface area contributed by atoms with Crippen LogP contribution in [0, 0.1) is 13.8 Å². The van der Waals surface area contributed by atoms with Crippen LogP contribution in [0.3, 0.4) is 0 Å². The predicted molar refractivity (Wildman–Crippen MR) is 65.1 cm³/mol. The first-order chi connectivity index (χ1) is 8.54. The second-order valence-electron chi connectivity index (χ2n) is 3.80. The molecule has 0 radical (unpaired) electrons. The minimum absolute atomic E-state index is 0.163. The van der Waals surface area contributed by atoms with Gasteiger partial charge in [0.2, 0.25) is 0 Å². The summed E-state index contributed by atoms with van der Waals surface area (Å²) < 4.78 is 4.76. The Bertz CT molecular complexity index is 446. The number of carbonyl (C=O) groups excluding carboxylic acids is 2. The molecule has 0 aliphatic carbocycles. The number of esters is 1. The number of nitrogens with zero attached hydrogens (tertiary/aromatic N) is 2. The summed E-state index contributed by atoms with van der Waals surface area (Å²) in [6, 6.07) is 1.67. The van der Waals surface area contributed by atoms with Crippen LogP contribution in [0.15, 0.2) is 6.07 Å². The summed E-state index contributed by atoms with van der Waals surface area (Å²) in [6.45, 7) is 5.82. The molecule has 18 heavy (non-hydrogen) atoms. The summed E-state index contributed by atoms with van der Waals surface area (Å²) in [5.41, 5.74) is 1.72. The lowest BCUT2D eigenvalue weighted by Gasteiger charge is -2.07. The van der Waals surface area contributed by atoms with Gasteiger partial charge in [0, 0.05) is 6.54 Å². The molecule has 1 rings (SSSR count). The Morgan fingerprint density at radius 1 is 1.33 bits per heavy atom. The topological polar surface area (TPSA) is 81.2 Å². The molecular weight excluding hydrogens is 234 g/mol. The fourth-order valence-corrected chi connectivity index (χ4v) is 1.39. The Labute approximate surface area is 106 Å². The van der Waals surface area contributed by atoms with E-state index in [9.17, 15) is 9.59 Å². The van der Waals surface area contributed by atoms with Gasteiger partial charge in [-0.05, 0) is 26.8 Å². The number of rotatable bonds is 5. The molecular formula is C12H17N3O3. The van der Waals surface area contributed by atoms with Crippen molar-refractivity contribution in [1.82, 2.24) is 15.5 Å². The Hall–Kier alpha value is -1.98. The molecule has 1 heterocycles. The number of hydrogen-bond acceptors (Lipinski definition) is 5. The molecule has 1 N–H and O–H groups in total. The average Bonchev–Trinajstić information content (AvgIpc) is 2.32. The molecule has 0 unspecified atom stereocenters. The number of carbonyl (C=O) groups is 2. The maximum Gasteiger partial charge on any atom is 0.307 e. The zero-order valence-corrected chi connectivity index (χ0v) is 10.8. The number of nitrogens with one attached hydrogen (secondary N) is 1. The maximum atomic E-state index is 11.8. The summed E-state index contributed by atoms with van der Waals surface area (Å²) in [5, 5.41) is 10.4. The number of ether oxygens (including phenoxy) is 1. The van der Waals surface area contributed by atoms with Crippen molar-refractivity contribution in [2.24, 2.45) is 0 Å². The van der Waals surface area contributed by atoms with Crippen molar-refractivity contribution in [3.05, 3.63) is 23.0 Å². The van der Waals surface area contributed by atoms with E-state index in [1.165, 1.54) is 0 Å². The van der Waals surface area contributed by atoms with E-state index in [0.29, 0.717) is 23.6 Å². The number of hydrogen-bond donors (Lipinski definition) is 1. The lowest BCUT2D eigenvalue weighted by molar-refractivity contribution is -0.142. The molecule has 0 aromatic carbocycles. The Balaban J connectivity index is 2.50. The summed E-state index contributed by atoms with van der Waals surface area (Å²) in [6.07, 6.45) is 0.163. The van der Waals surface area contributed by atoms with Gasteiger partial charge in [-0.3, -0.25) is 9.59 Å². The third kappa shape index (κ3) is 4.12. The van der Waals surface area contributed by atoms with Crippen molar-refractivity contribution >= 4 is 11.9 Å². The fourth-order valence-electron chi connectivity index (χ4n) is 1.39. The minimum atomic E-state index is -0.321. The summed E-state index contributed by atoms with van der Waals surface area (Å²) in [4.78, 5) is 22.9. The van der Waals surface area contributed by atoms with Crippen LogP contribution in [0.2, 0.25) is 0 Å². The van der Waals surface area contributed by atoms with Gasteiger partial charge < -0.3 is 10.1 Å². The van der Waals surface area contributed by atoms with E-state index in [4.69, 9.17) is 4.74 Å². The van der Waals surface area contributed by atoms with Crippen LogP contribution in [0.25, 0.3) is 0 Å². The molecule has 1 aromatic heterocycles. The van der Waals surface area contributed by atoms with Gasteiger partial charge in [0.25, 0.3) is 5.91 Å². The molecule has 98 valence electrons. The standard InChI is InChI=1S/C12H17N3O3/c1-4-18-11(16)5-6-13-12(17)10-7-8(2)14-15-9(10)3/h7H,4-6H2,1-3H3,(H,13,17). The van der Waals surface area contributed by atoms with Crippen LogP contribution in [0.5, 0.6) is 0 Å². The van der Waals surface area contributed by atoms with Crippen LogP contribution in [0.1, 0.15) is 35.1 Å². The van der Waals surface area contributed by atoms with E-state index in [-0.39, 0.29) is 24.8 Å². The van der Waals surface area contributed by atoms with E-state index >= 15 is 0 Å². The van der Waals surface area contributed by atoms with Crippen molar-refractivity contribution in [1.29, 1.82) is 0 Å². The van der Waals surface area contributed by atoms with Crippen molar-refractivity contribution < 1.29 is 14.3 Å². The van der Waals surface area contributed by atoms with Crippen LogP contribution >= 0.6 is 0 Å². The fraction of sp³-hybridized carbons (Fsp3) is 0.500. The number of aromatic nitrogens is 2. The van der Waals surface area contributed by atoms with Crippen LogP contribution < -0.4 is 5.32 Å². The van der Waals surface area contributed by atoms with Crippen molar-refractivity contribution in [3.8, 4) is 0 Å². The van der Waals surface area contributed by atoms with Gasteiger partial charge in [-0.1, -0.05) is 0 Å². The quantitative estimate of drug-likeness (QED) is 0.782. The summed E-state index contributed by atoms with van der Waals surface area (Å²) in [5.74, 6) is -0.576. The molecule has 0 fully saturated rings. The number of aryl methyl sites for hydroxylation is 2. The zero-order valence-electron chi connectivity index (χ0n) is 10.8. The molecule has 0 atom stereocenters. The molecule has 0 bridgehead atoms. The maximum absolute atomic E-state index is 11.8. The first-order valence-electron chi connectivity index (χ1n) is 5.79. The Morgan fingerprint density at radius 2 is 2.06 bits per heavy atom. The van der Waals surface area contributed by atoms with E-state index in [2.05, 4.69) is 15.5 Å². The monoisotopic (exact) mass is 251 g/mol. The smallest absolute Gasteiger partial charge is 0.307 e. The highest BCUT2D eigenvalue weighted by molar-refractivity contribution is 5.95. The lowest BCUT2D eigenvalue weighted by atomic mass is 10.2. The molecule has 0 aliphatic heterocycles. The third-order valence-corrected chi connectivity index (χ3v) is 2.27. The second-order valence-corrected chi connectivity index (χ2v) is 3.80. The van der Waals surface area contributed by atoms with E-state index in [1.54, 1.807) is 26.8 Å². The molecule has 0 spiro atoms. The van der Waals surface area contributed by atoms with Crippen molar-refractivity contribution in [2.45, 2.75) is 27.2 Å². The molecule has 0 aliphatic rings. The van der Waals surface area contributed by atoms with Crippen LogP contribution in [0.4, 0.5) is 0 Å². The summed E-state index contributed by atoms with van der Waals surface area (Å²) in [7, 11) is 0. The van der Waals surface area contributed by atoms with Gasteiger partial charge in [0.15, 0.2) is 0 Å². The van der Waals surface area contributed by atoms with E-state index in [1.807, 2.05) is 0 Å². The van der Waals surface area contributed by atoms with E-state index in [0.717, 1.165) is 0 Å². The van der Waals surface area contributed by atoms with Crippen LogP contribution in [-0.2, 0) is 9.53 Å².